The summed E-state index contributed by atoms with van der Waals surface area (Å²) in [5.74, 6) is 0.297. The predicted molar refractivity (Wildman–Crippen MR) is 146 cm³/mol. The number of ether oxygens (including phenoxy) is 1. The molecule has 0 aliphatic heterocycles. The number of aromatic amines is 1. The first-order chi connectivity index (χ1) is 16.9. The Balaban J connectivity index is 1.73. The Bertz CT molecular complexity index is 1530. The minimum atomic E-state index is -3.69. The first-order valence-corrected chi connectivity index (χ1v) is 14.2. The first-order valence-electron chi connectivity index (χ1n) is 12.0. The average Bonchev–Trinajstić information content (AvgIpc) is 3.49. The molecule has 1 N–H and O–H groups in total. The van der Waals surface area contributed by atoms with Gasteiger partial charge >= 0.3 is 0 Å². The number of fused-ring (bicyclic) bond motifs is 1. The third-order valence-electron chi connectivity index (χ3n) is 6.65. The number of carbonyl (C=O) groups is 1. The second-order valence-corrected chi connectivity index (χ2v) is 13.0. The van der Waals surface area contributed by atoms with Crippen molar-refractivity contribution >= 4 is 42.6 Å². The van der Waals surface area contributed by atoms with E-state index < -0.39 is 14.8 Å². The summed E-state index contributed by atoms with van der Waals surface area (Å²) in [4.78, 5) is 28.9. The number of hydrogen-bond donors (Lipinski definition) is 1. The highest BCUT2D eigenvalue weighted by molar-refractivity contribution is 9.10. The molecule has 0 unspecified atom stereocenters. The first kappa shape index (κ1) is 26.4. The molecule has 1 fully saturated rings. The number of halogens is 1. The van der Waals surface area contributed by atoms with Crippen LogP contribution in [0.5, 0.6) is 5.75 Å². The summed E-state index contributed by atoms with van der Waals surface area (Å²) in [6.07, 6.45) is 4.97. The maximum atomic E-state index is 13.6. The van der Waals surface area contributed by atoms with E-state index in [2.05, 4.69) is 27.5 Å². The highest BCUT2D eigenvalue weighted by Crippen LogP contribution is 2.48. The molecule has 0 atom stereocenters. The van der Waals surface area contributed by atoms with Crippen LogP contribution >= 0.6 is 15.9 Å². The Labute approximate surface area is 219 Å². The molecule has 1 saturated carbocycles. The lowest BCUT2D eigenvalue weighted by atomic mass is 9.98. The van der Waals surface area contributed by atoms with Crippen LogP contribution in [0.3, 0.4) is 0 Å². The third kappa shape index (κ3) is 4.70. The second-order valence-electron chi connectivity index (χ2n) is 9.85. The summed E-state index contributed by atoms with van der Waals surface area (Å²) in [7, 11) is -3.69. The molecule has 2 heterocycles. The van der Waals surface area contributed by atoms with Gasteiger partial charge in [0.05, 0.1) is 21.9 Å². The van der Waals surface area contributed by atoms with Crippen molar-refractivity contribution in [3.05, 3.63) is 74.3 Å². The number of Topliss-reactive ketones (excluding diaryl/α,β-unsaturated/α-hetero) is 1. The van der Waals surface area contributed by atoms with Crippen LogP contribution in [0.15, 0.2) is 46.3 Å². The molecule has 0 amide bonds. The van der Waals surface area contributed by atoms with Gasteiger partial charge in [-0.25, -0.2) is 12.4 Å². The molecular formula is C27H31BrN2O5S. The predicted octanol–water partition coefficient (Wildman–Crippen LogP) is 5.60. The summed E-state index contributed by atoms with van der Waals surface area (Å²) >= 11 is 3.46. The van der Waals surface area contributed by atoms with Gasteiger partial charge < -0.3 is 9.72 Å². The van der Waals surface area contributed by atoms with E-state index in [0.29, 0.717) is 62.8 Å². The van der Waals surface area contributed by atoms with Crippen LogP contribution < -0.4 is 10.3 Å². The fraction of sp³-hybridized carbons (Fsp3) is 0.407. The largest absolute Gasteiger partial charge is 0.490 e. The van der Waals surface area contributed by atoms with Crippen LogP contribution in [0.25, 0.3) is 10.9 Å². The molecule has 1 aliphatic carbocycles. The standard InChI is InChI=1S/C27H31BrN2O5S/c1-6-9-27(10-11-27)36(33,34)30-15-17(4)25-21(13-19(28)14-22(25)30)23(31)8-7-20-24(35-16(2)3)12-18(5)29-26(20)32/h6,12-16H,1,7-11H2,2-5H3,(H,29,32). The van der Waals surface area contributed by atoms with Gasteiger partial charge in [-0.1, -0.05) is 22.0 Å². The van der Waals surface area contributed by atoms with Crippen molar-refractivity contribution in [2.75, 3.05) is 0 Å². The van der Waals surface area contributed by atoms with E-state index in [1.807, 2.05) is 20.8 Å². The van der Waals surface area contributed by atoms with Gasteiger partial charge in [0, 0.05) is 33.7 Å². The van der Waals surface area contributed by atoms with Crippen molar-refractivity contribution in [1.29, 1.82) is 0 Å². The number of allylic oxidation sites excluding steroid dienone is 1. The van der Waals surface area contributed by atoms with Crippen LogP contribution in [0.2, 0.25) is 0 Å². The summed E-state index contributed by atoms with van der Waals surface area (Å²) in [6, 6.07) is 5.22. The smallest absolute Gasteiger partial charge is 0.255 e. The quantitative estimate of drug-likeness (QED) is 0.251. The van der Waals surface area contributed by atoms with E-state index in [1.165, 1.54) is 3.97 Å². The van der Waals surface area contributed by atoms with Gasteiger partial charge in [-0.2, -0.15) is 0 Å². The molecule has 192 valence electrons. The Morgan fingerprint density at radius 2 is 1.97 bits per heavy atom. The number of H-pyrrole nitrogens is 1. The Morgan fingerprint density at radius 3 is 2.58 bits per heavy atom. The summed E-state index contributed by atoms with van der Waals surface area (Å²) < 4.78 is 34.1. The van der Waals surface area contributed by atoms with Gasteiger partial charge in [0.15, 0.2) is 5.78 Å². The summed E-state index contributed by atoms with van der Waals surface area (Å²) in [5.41, 5.74) is 2.43. The van der Waals surface area contributed by atoms with Crippen LogP contribution in [-0.2, 0) is 16.4 Å². The van der Waals surface area contributed by atoms with Crippen LogP contribution in [-0.4, -0.2) is 34.0 Å². The van der Waals surface area contributed by atoms with E-state index >= 15 is 0 Å². The maximum Gasteiger partial charge on any atom is 0.255 e. The second kappa shape index (κ2) is 9.67. The van der Waals surface area contributed by atoms with E-state index in [-0.39, 0.29) is 30.3 Å². The Morgan fingerprint density at radius 1 is 1.28 bits per heavy atom. The van der Waals surface area contributed by atoms with Crippen LogP contribution in [0.4, 0.5) is 0 Å². The van der Waals surface area contributed by atoms with Gasteiger partial charge in [0.2, 0.25) is 10.0 Å². The van der Waals surface area contributed by atoms with Crippen molar-refractivity contribution in [2.45, 2.75) is 70.7 Å². The zero-order valence-corrected chi connectivity index (χ0v) is 23.4. The number of rotatable bonds is 10. The zero-order chi connectivity index (χ0) is 26.4. The number of aromatic nitrogens is 2. The molecule has 7 nitrogen and oxygen atoms in total. The lowest BCUT2D eigenvalue weighted by molar-refractivity contribution is 0.0984. The van der Waals surface area contributed by atoms with Crippen molar-refractivity contribution in [2.24, 2.45) is 0 Å². The monoisotopic (exact) mass is 574 g/mol. The van der Waals surface area contributed by atoms with Gasteiger partial charge in [-0.3, -0.25) is 9.59 Å². The fourth-order valence-electron chi connectivity index (χ4n) is 4.74. The average molecular weight is 576 g/mol. The lowest BCUT2D eigenvalue weighted by Crippen LogP contribution is -2.28. The topological polar surface area (TPSA) is 98.2 Å². The van der Waals surface area contributed by atoms with Crippen molar-refractivity contribution in [1.82, 2.24) is 8.96 Å². The SMILES string of the molecule is C=CCC1(S(=O)(=O)n2cc(C)c3c(C(=O)CCc4c(OC(C)C)cc(C)[nH]c4=O)cc(Br)cc32)CC1. The van der Waals surface area contributed by atoms with Crippen molar-refractivity contribution < 1.29 is 17.9 Å². The van der Waals surface area contributed by atoms with E-state index in [4.69, 9.17) is 4.74 Å². The number of nitrogens with one attached hydrogen (secondary N) is 1. The van der Waals surface area contributed by atoms with Gasteiger partial charge in [0.1, 0.15) is 5.75 Å². The molecule has 0 bridgehead atoms. The Hall–Kier alpha value is -2.65. The minimum absolute atomic E-state index is 0.0733. The number of hydrogen-bond acceptors (Lipinski definition) is 5. The molecule has 4 rings (SSSR count). The molecular weight excluding hydrogens is 544 g/mol. The lowest BCUT2D eigenvalue weighted by Gasteiger charge is -2.17. The van der Waals surface area contributed by atoms with Crippen molar-refractivity contribution in [3.8, 4) is 5.75 Å². The number of carbonyl (C=O) groups excluding carboxylic acids is 1. The normalized spacial score (nSPS) is 14.8. The molecule has 36 heavy (non-hydrogen) atoms. The summed E-state index contributed by atoms with van der Waals surface area (Å²) in [5, 5.41) is 0.609. The Kier molecular flexibility index (Phi) is 7.09. The molecule has 3 aromatic rings. The highest BCUT2D eigenvalue weighted by atomic mass is 79.9. The number of ketones is 1. The molecule has 0 spiro atoms. The van der Waals surface area contributed by atoms with Gasteiger partial charge in [-0.05, 0) is 77.1 Å². The number of pyridine rings is 1. The number of nitrogens with zero attached hydrogens (tertiary/aromatic N) is 1. The van der Waals surface area contributed by atoms with Crippen LogP contribution in [0.1, 0.15) is 66.7 Å². The molecule has 1 aromatic carbocycles. The fourth-order valence-corrected chi connectivity index (χ4v) is 7.25. The number of aryl methyl sites for hydroxylation is 2. The third-order valence-corrected chi connectivity index (χ3v) is 9.60. The minimum Gasteiger partial charge on any atom is -0.490 e. The van der Waals surface area contributed by atoms with Crippen molar-refractivity contribution in [3.63, 3.8) is 0 Å². The van der Waals surface area contributed by atoms with E-state index in [9.17, 15) is 18.0 Å². The van der Waals surface area contributed by atoms with Crippen LogP contribution in [0, 0.1) is 13.8 Å². The highest BCUT2D eigenvalue weighted by Gasteiger charge is 2.54. The number of benzene rings is 1. The zero-order valence-electron chi connectivity index (χ0n) is 21.0. The molecule has 9 heteroatoms. The molecule has 0 radical (unpaired) electrons. The van der Waals surface area contributed by atoms with Gasteiger partial charge in [-0.15, -0.1) is 6.58 Å². The molecule has 0 saturated heterocycles. The maximum absolute atomic E-state index is 13.6. The van der Waals surface area contributed by atoms with Gasteiger partial charge in [0.25, 0.3) is 5.56 Å². The van der Waals surface area contributed by atoms with E-state index in [0.717, 1.165) is 0 Å². The van der Waals surface area contributed by atoms with E-state index in [1.54, 1.807) is 37.4 Å². The molecule has 2 aromatic heterocycles. The molecule has 1 aliphatic rings. The summed E-state index contributed by atoms with van der Waals surface area (Å²) in [6.45, 7) is 11.1.